The topological polar surface area (TPSA) is 49.8 Å². The maximum atomic E-state index is 12.6. The minimum atomic E-state index is -0.511. The van der Waals surface area contributed by atoms with Gasteiger partial charge in [-0.25, -0.2) is 0 Å². The van der Waals surface area contributed by atoms with E-state index in [1.807, 2.05) is 0 Å². The van der Waals surface area contributed by atoms with Crippen LogP contribution in [-0.2, 0) is 9.53 Å². The molecular formula is C22H32O3. The van der Waals surface area contributed by atoms with Crippen LogP contribution in [0.3, 0.4) is 0 Å². The number of aliphatic hydroxyl groups excluding tert-OH is 1. The molecule has 0 unspecified atom stereocenters. The number of hydrogen-bond acceptors (Lipinski definition) is 3. The molecule has 0 aromatic heterocycles. The first-order valence-corrected chi connectivity index (χ1v) is 10.3. The second kappa shape index (κ2) is 4.59. The van der Waals surface area contributed by atoms with E-state index < -0.39 is 5.60 Å². The molecule has 0 radical (unpaired) electrons. The number of aliphatic hydroxyl groups is 1. The van der Waals surface area contributed by atoms with E-state index in [1.165, 1.54) is 12.0 Å². The van der Waals surface area contributed by atoms with E-state index in [2.05, 4.69) is 26.8 Å². The number of Topliss-reactive ketones (excluding diaryl/α,β-unsaturated/α-hetero) is 1. The molecule has 138 valence electrons. The van der Waals surface area contributed by atoms with Crippen LogP contribution in [0.4, 0.5) is 0 Å². The van der Waals surface area contributed by atoms with Gasteiger partial charge >= 0.3 is 0 Å². The normalized spacial score (nSPS) is 59.2. The first-order chi connectivity index (χ1) is 11.7. The Labute approximate surface area is 151 Å². The summed E-state index contributed by atoms with van der Waals surface area (Å²) in [5.41, 5.74) is 1.05. The van der Waals surface area contributed by atoms with Crippen LogP contribution >= 0.6 is 0 Å². The highest BCUT2D eigenvalue weighted by Crippen LogP contribution is 2.77. The van der Waals surface area contributed by atoms with E-state index in [0.717, 1.165) is 38.5 Å². The molecule has 3 heteroatoms. The van der Waals surface area contributed by atoms with Gasteiger partial charge in [-0.15, -0.1) is 0 Å². The summed E-state index contributed by atoms with van der Waals surface area (Å²) in [4.78, 5) is 12.6. The minimum absolute atomic E-state index is 0.00460. The lowest BCUT2D eigenvalue weighted by Crippen LogP contribution is -2.54. The summed E-state index contributed by atoms with van der Waals surface area (Å²) in [6.45, 7) is 8.72. The molecule has 0 bridgehead atoms. The average Bonchev–Trinajstić information content (AvgIpc) is 3.13. The molecule has 1 saturated heterocycles. The number of epoxide rings is 1. The van der Waals surface area contributed by atoms with Crippen molar-refractivity contribution in [3.8, 4) is 0 Å². The molecule has 4 aliphatic carbocycles. The van der Waals surface area contributed by atoms with Crippen molar-refractivity contribution in [3.05, 3.63) is 11.6 Å². The van der Waals surface area contributed by atoms with E-state index in [9.17, 15) is 9.90 Å². The van der Waals surface area contributed by atoms with Gasteiger partial charge in [-0.3, -0.25) is 4.79 Å². The van der Waals surface area contributed by atoms with E-state index >= 15 is 0 Å². The molecule has 1 N–H and O–H groups in total. The average molecular weight is 344 g/mol. The molecule has 5 rings (SSSR count). The largest absolute Gasteiger partial charge is 0.393 e. The summed E-state index contributed by atoms with van der Waals surface area (Å²) in [6, 6.07) is 0. The van der Waals surface area contributed by atoms with Crippen LogP contribution in [0, 0.1) is 28.6 Å². The van der Waals surface area contributed by atoms with Gasteiger partial charge in [-0.05, 0) is 82.0 Å². The minimum Gasteiger partial charge on any atom is -0.393 e. The molecule has 3 nitrogen and oxygen atoms in total. The van der Waals surface area contributed by atoms with Crippen molar-refractivity contribution in [2.45, 2.75) is 89.9 Å². The van der Waals surface area contributed by atoms with Crippen LogP contribution in [0.5, 0.6) is 0 Å². The monoisotopic (exact) mass is 344 g/mol. The third-order valence-electron chi connectivity index (χ3n) is 9.46. The van der Waals surface area contributed by atoms with Crippen molar-refractivity contribution < 1.29 is 14.6 Å². The van der Waals surface area contributed by atoms with E-state index in [4.69, 9.17) is 4.74 Å². The smallest absolute Gasteiger partial charge is 0.165 e. The number of carbonyl (C=O) groups is 1. The summed E-state index contributed by atoms with van der Waals surface area (Å²) in [5.74, 6) is 2.23. The first kappa shape index (κ1) is 16.5. The van der Waals surface area contributed by atoms with Crippen molar-refractivity contribution in [1.82, 2.24) is 0 Å². The van der Waals surface area contributed by atoms with E-state index in [-0.39, 0.29) is 28.3 Å². The van der Waals surface area contributed by atoms with Crippen molar-refractivity contribution in [2.75, 3.05) is 0 Å². The fraction of sp³-hybridized carbons (Fsp3) is 0.864. The second-order valence-corrected chi connectivity index (χ2v) is 10.4. The molecule has 0 spiro atoms. The maximum Gasteiger partial charge on any atom is 0.165 e. The summed E-state index contributed by atoms with van der Waals surface area (Å²) in [5, 5.41) is 10.1. The third kappa shape index (κ3) is 1.69. The van der Waals surface area contributed by atoms with Crippen LogP contribution in [0.2, 0.25) is 0 Å². The fourth-order valence-corrected chi connectivity index (χ4v) is 8.26. The molecule has 4 fully saturated rings. The number of fused-ring (bicyclic) bond motifs is 7. The molecular weight excluding hydrogens is 312 g/mol. The van der Waals surface area contributed by atoms with Crippen molar-refractivity contribution in [3.63, 3.8) is 0 Å². The predicted octanol–water partition coefficient (Wildman–Crippen LogP) is 4.04. The third-order valence-corrected chi connectivity index (χ3v) is 9.46. The van der Waals surface area contributed by atoms with Gasteiger partial charge in [0.25, 0.3) is 0 Å². The quantitative estimate of drug-likeness (QED) is 0.577. The van der Waals surface area contributed by atoms with Crippen LogP contribution < -0.4 is 0 Å². The van der Waals surface area contributed by atoms with Gasteiger partial charge in [0.1, 0.15) is 5.60 Å². The molecule has 0 aromatic carbocycles. The van der Waals surface area contributed by atoms with Crippen LogP contribution in [0.25, 0.3) is 0 Å². The number of carbonyl (C=O) groups excluding carboxylic acids is 1. The van der Waals surface area contributed by atoms with E-state index in [0.29, 0.717) is 17.8 Å². The van der Waals surface area contributed by atoms with E-state index in [1.54, 1.807) is 6.92 Å². The zero-order valence-corrected chi connectivity index (χ0v) is 16.1. The van der Waals surface area contributed by atoms with Crippen molar-refractivity contribution >= 4 is 5.78 Å². The Morgan fingerprint density at radius 3 is 2.68 bits per heavy atom. The van der Waals surface area contributed by atoms with Gasteiger partial charge < -0.3 is 9.84 Å². The summed E-state index contributed by atoms with van der Waals surface area (Å²) < 4.78 is 6.19. The lowest BCUT2D eigenvalue weighted by atomic mass is 9.47. The highest BCUT2D eigenvalue weighted by atomic mass is 16.6. The Kier molecular flexibility index (Phi) is 3.03. The van der Waals surface area contributed by atoms with Gasteiger partial charge in [0.05, 0.1) is 6.10 Å². The van der Waals surface area contributed by atoms with Crippen molar-refractivity contribution in [1.29, 1.82) is 0 Å². The number of ether oxygens (including phenoxy) is 1. The van der Waals surface area contributed by atoms with Crippen molar-refractivity contribution in [2.24, 2.45) is 28.6 Å². The Hall–Kier alpha value is -0.670. The molecule has 3 saturated carbocycles. The van der Waals surface area contributed by atoms with Gasteiger partial charge in [0.15, 0.2) is 11.4 Å². The highest BCUT2D eigenvalue weighted by Gasteiger charge is 2.85. The summed E-state index contributed by atoms with van der Waals surface area (Å²) >= 11 is 0. The van der Waals surface area contributed by atoms with Gasteiger partial charge in [0.2, 0.25) is 0 Å². The van der Waals surface area contributed by atoms with Crippen LogP contribution in [0.1, 0.15) is 72.6 Å². The van der Waals surface area contributed by atoms with Crippen LogP contribution in [0.15, 0.2) is 11.6 Å². The van der Waals surface area contributed by atoms with Gasteiger partial charge in [0, 0.05) is 5.41 Å². The summed E-state index contributed by atoms with van der Waals surface area (Å²) in [7, 11) is 0. The second-order valence-electron chi connectivity index (χ2n) is 10.4. The molecule has 0 amide bonds. The van der Waals surface area contributed by atoms with Gasteiger partial charge in [-0.2, -0.15) is 0 Å². The zero-order valence-electron chi connectivity index (χ0n) is 16.1. The lowest BCUT2D eigenvalue weighted by molar-refractivity contribution is -0.135. The number of hydrogen-bond donors (Lipinski definition) is 1. The molecule has 8 atom stereocenters. The SMILES string of the molecule is CC(=O)[C@@]12O[C@]1(C)C[C@@H]1[C@@H]3CC=C4C[C@H](O)CC[C@]4(C)[C@H]3CC[C@]12C. The molecule has 0 aromatic rings. The Balaban J connectivity index is 1.53. The number of allylic oxidation sites excluding steroid dienone is 1. The van der Waals surface area contributed by atoms with Crippen LogP contribution in [-0.4, -0.2) is 28.2 Å². The Bertz CT molecular complexity index is 683. The fourth-order valence-electron chi connectivity index (χ4n) is 8.26. The molecule has 25 heavy (non-hydrogen) atoms. The maximum absolute atomic E-state index is 12.6. The van der Waals surface area contributed by atoms with Gasteiger partial charge in [-0.1, -0.05) is 25.5 Å². The molecule has 5 aliphatic rings. The Morgan fingerprint density at radius 2 is 1.96 bits per heavy atom. The summed E-state index contributed by atoms with van der Waals surface area (Å²) in [6.07, 6.45) is 9.75. The molecule has 1 heterocycles. The predicted molar refractivity (Wildman–Crippen MR) is 96.0 cm³/mol. The lowest BCUT2D eigenvalue weighted by Gasteiger charge is -2.58. The highest BCUT2D eigenvalue weighted by molar-refractivity contribution is 5.91. The zero-order chi connectivity index (χ0) is 17.8. The Morgan fingerprint density at radius 1 is 1.20 bits per heavy atom. The first-order valence-electron chi connectivity index (χ1n) is 10.3. The number of ketones is 1. The molecule has 1 aliphatic heterocycles. The number of rotatable bonds is 1. The standard InChI is InChI=1S/C22H32O3/c1-13(23)22-20(3)10-8-17-16(18(20)12-21(22,4)25-22)6-5-14-11-15(24)7-9-19(14,17)2/h5,15-18,24H,6-12H2,1-4H3/t15-,16-,17+,18-,19+,20-,21-,22+/m1/s1.